The molecule has 0 radical (unpaired) electrons. The lowest BCUT2D eigenvalue weighted by atomic mass is 9.82. The molecule has 0 aliphatic carbocycles. The molecule has 6 nitrogen and oxygen atoms in total. The fourth-order valence-electron chi connectivity index (χ4n) is 4.06. The van der Waals surface area contributed by atoms with Crippen LogP contribution in [0.15, 0.2) is 94.4 Å². The van der Waals surface area contributed by atoms with Crippen LogP contribution in [-0.2, 0) is 16.0 Å². The number of hydrogen-bond acceptors (Lipinski definition) is 6. The summed E-state index contributed by atoms with van der Waals surface area (Å²) in [5.74, 6) is -1.35. The second kappa shape index (κ2) is 12.3. The first-order valence-corrected chi connectivity index (χ1v) is 13.5. The van der Waals surface area contributed by atoms with Crippen molar-refractivity contribution in [3.8, 4) is 6.07 Å². The predicted molar refractivity (Wildman–Crippen MR) is 147 cm³/mol. The number of allylic oxidation sites excluding steroid dienone is 1. The van der Waals surface area contributed by atoms with Crippen LogP contribution >= 0.6 is 23.1 Å². The van der Waals surface area contributed by atoms with Crippen LogP contribution < -0.4 is 10.6 Å². The van der Waals surface area contributed by atoms with Gasteiger partial charge in [-0.25, -0.2) is 4.99 Å². The molecule has 2 N–H and O–H groups in total. The minimum Gasteiger partial charge on any atom is -0.355 e. The van der Waals surface area contributed by atoms with E-state index in [4.69, 9.17) is 0 Å². The zero-order valence-corrected chi connectivity index (χ0v) is 21.4. The number of benzene rings is 2. The standard InChI is InChI=1S/C28H26N4O2S2/c1-19-25(27(34)32-21-11-6-3-7-12-21)26(23-13-8-16-35-23)22(17-29)28(31-19)36-18-24(33)30-15-14-20-9-4-2-5-10-20/h2-13,16,22,26H,14-15,18H2,1H3,(H,30,33)(H,32,34). The quantitative estimate of drug-likeness (QED) is 0.422. The van der Waals surface area contributed by atoms with Crippen molar-refractivity contribution < 1.29 is 9.59 Å². The molecule has 0 bridgehead atoms. The average Bonchev–Trinajstić information content (AvgIpc) is 3.43. The molecular formula is C28H26N4O2S2. The van der Waals surface area contributed by atoms with Gasteiger partial charge in [0.1, 0.15) is 5.92 Å². The highest BCUT2D eigenvalue weighted by Gasteiger charge is 2.39. The number of hydrogen-bond donors (Lipinski definition) is 2. The van der Waals surface area contributed by atoms with Gasteiger partial charge in [-0.15, -0.1) is 11.3 Å². The summed E-state index contributed by atoms with van der Waals surface area (Å²) in [5.41, 5.74) is 2.87. The molecule has 1 aliphatic heterocycles. The summed E-state index contributed by atoms with van der Waals surface area (Å²) in [4.78, 5) is 31.4. The average molecular weight is 515 g/mol. The number of thiophene rings is 1. The molecule has 1 aromatic heterocycles. The van der Waals surface area contributed by atoms with E-state index in [1.165, 1.54) is 23.1 Å². The molecule has 2 unspecified atom stereocenters. The number of aliphatic imine (C=N–C) groups is 1. The number of carbonyl (C=O) groups excluding carboxylic acids is 2. The van der Waals surface area contributed by atoms with Gasteiger partial charge in [-0.05, 0) is 42.5 Å². The van der Waals surface area contributed by atoms with Gasteiger partial charge in [-0.1, -0.05) is 66.4 Å². The van der Waals surface area contributed by atoms with Crippen LogP contribution in [-0.4, -0.2) is 29.2 Å². The number of thioether (sulfide) groups is 1. The van der Waals surface area contributed by atoms with Crippen molar-refractivity contribution in [3.63, 3.8) is 0 Å². The molecule has 1 aliphatic rings. The summed E-state index contributed by atoms with van der Waals surface area (Å²) >= 11 is 2.77. The number of anilines is 1. The molecule has 0 spiro atoms. The van der Waals surface area contributed by atoms with E-state index in [0.29, 0.717) is 28.5 Å². The third-order valence-electron chi connectivity index (χ3n) is 5.77. The molecular weight excluding hydrogens is 488 g/mol. The summed E-state index contributed by atoms with van der Waals surface area (Å²) in [7, 11) is 0. The van der Waals surface area contributed by atoms with Gasteiger partial charge >= 0.3 is 0 Å². The summed E-state index contributed by atoms with van der Waals surface area (Å²) in [6.07, 6.45) is 0.751. The van der Waals surface area contributed by atoms with Gasteiger partial charge in [0.05, 0.1) is 16.9 Å². The van der Waals surface area contributed by atoms with Crippen LogP contribution in [0.25, 0.3) is 0 Å². The highest BCUT2D eigenvalue weighted by atomic mass is 32.2. The number of amides is 2. The Morgan fingerprint density at radius 1 is 1.06 bits per heavy atom. The molecule has 0 saturated heterocycles. The van der Waals surface area contributed by atoms with Gasteiger partial charge in [0.15, 0.2) is 0 Å². The van der Waals surface area contributed by atoms with Crippen LogP contribution in [0.1, 0.15) is 23.3 Å². The van der Waals surface area contributed by atoms with Crippen molar-refractivity contribution in [2.45, 2.75) is 19.3 Å². The number of rotatable bonds is 8. The first-order valence-electron chi connectivity index (χ1n) is 11.6. The Morgan fingerprint density at radius 3 is 2.44 bits per heavy atom. The van der Waals surface area contributed by atoms with Gasteiger partial charge in [0.25, 0.3) is 5.91 Å². The fraction of sp³-hybridized carbons (Fsp3) is 0.214. The third kappa shape index (κ3) is 6.30. The van der Waals surface area contributed by atoms with Crippen molar-refractivity contribution in [2.24, 2.45) is 10.9 Å². The number of nitrogens with one attached hydrogen (secondary N) is 2. The van der Waals surface area contributed by atoms with Gasteiger partial charge in [-0.2, -0.15) is 5.26 Å². The van der Waals surface area contributed by atoms with E-state index in [1.54, 1.807) is 6.92 Å². The zero-order valence-electron chi connectivity index (χ0n) is 19.8. The molecule has 2 heterocycles. The number of nitriles is 1. The molecule has 0 fully saturated rings. The maximum Gasteiger partial charge on any atom is 0.254 e. The van der Waals surface area contributed by atoms with E-state index in [0.717, 1.165) is 16.9 Å². The Kier molecular flexibility index (Phi) is 8.71. The van der Waals surface area contributed by atoms with Crippen molar-refractivity contribution >= 4 is 45.6 Å². The lowest BCUT2D eigenvalue weighted by Crippen LogP contribution is -2.32. The molecule has 8 heteroatoms. The maximum absolute atomic E-state index is 13.3. The Balaban J connectivity index is 1.49. The number of carbonyl (C=O) groups is 2. The van der Waals surface area contributed by atoms with Crippen LogP contribution in [0.5, 0.6) is 0 Å². The van der Waals surface area contributed by atoms with Crippen LogP contribution in [0.3, 0.4) is 0 Å². The van der Waals surface area contributed by atoms with Gasteiger partial charge in [-0.3, -0.25) is 9.59 Å². The van der Waals surface area contributed by atoms with E-state index in [-0.39, 0.29) is 17.6 Å². The monoisotopic (exact) mass is 514 g/mol. The third-order valence-corrected chi connectivity index (χ3v) is 7.78. The van der Waals surface area contributed by atoms with Crippen LogP contribution in [0.4, 0.5) is 5.69 Å². The summed E-state index contributed by atoms with van der Waals surface area (Å²) in [5, 5.41) is 18.5. The second-order valence-corrected chi connectivity index (χ2v) is 10.2. The zero-order chi connectivity index (χ0) is 25.3. The first-order chi connectivity index (χ1) is 17.6. The van der Waals surface area contributed by atoms with Gasteiger partial charge in [0.2, 0.25) is 5.91 Å². The highest BCUT2D eigenvalue weighted by Crippen LogP contribution is 2.43. The van der Waals surface area contributed by atoms with Crippen LogP contribution in [0, 0.1) is 17.2 Å². The van der Waals surface area contributed by atoms with Crippen molar-refractivity contribution in [2.75, 3.05) is 17.6 Å². The first kappa shape index (κ1) is 25.4. The van der Waals surface area contributed by atoms with Crippen molar-refractivity contribution in [1.29, 1.82) is 5.26 Å². The SMILES string of the molecule is CC1=C(C(=O)Nc2ccccc2)C(c2cccs2)C(C#N)C(SCC(=O)NCCc2ccccc2)=N1. The predicted octanol–water partition coefficient (Wildman–Crippen LogP) is 5.39. The largest absolute Gasteiger partial charge is 0.355 e. The fourth-order valence-corrected chi connectivity index (χ4v) is 5.89. The van der Waals surface area contributed by atoms with Gasteiger partial charge < -0.3 is 10.6 Å². The maximum atomic E-state index is 13.3. The van der Waals surface area contributed by atoms with Crippen molar-refractivity contribution in [3.05, 3.63) is 99.9 Å². The Bertz CT molecular complexity index is 1300. The molecule has 182 valence electrons. The minimum atomic E-state index is -0.661. The Morgan fingerprint density at radius 2 is 1.78 bits per heavy atom. The normalized spacial score (nSPS) is 17.2. The molecule has 4 rings (SSSR count). The highest BCUT2D eigenvalue weighted by molar-refractivity contribution is 8.14. The van der Waals surface area contributed by atoms with E-state index >= 15 is 0 Å². The summed E-state index contributed by atoms with van der Waals surface area (Å²) < 4.78 is 0. The smallest absolute Gasteiger partial charge is 0.254 e. The van der Waals surface area contributed by atoms with E-state index in [9.17, 15) is 14.9 Å². The molecule has 2 atom stereocenters. The van der Waals surface area contributed by atoms with E-state index < -0.39 is 11.8 Å². The molecule has 3 aromatic rings. The second-order valence-electron chi connectivity index (χ2n) is 8.24. The topological polar surface area (TPSA) is 94.4 Å². The van der Waals surface area contributed by atoms with E-state index in [1.807, 2.05) is 78.2 Å². The summed E-state index contributed by atoms with van der Waals surface area (Å²) in [6, 6.07) is 25.4. The molecule has 2 amide bonds. The lowest BCUT2D eigenvalue weighted by molar-refractivity contribution is -0.118. The lowest BCUT2D eigenvalue weighted by Gasteiger charge is -2.29. The summed E-state index contributed by atoms with van der Waals surface area (Å²) in [6.45, 7) is 2.33. The number of nitrogens with zero attached hydrogens (tertiary/aromatic N) is 2. The van der Waals surface area contributed by atoms with Crippen LogP contribution in [0.2, 0.25) is 0 Å². The molecule has 2 aromatic carbocycles. The van der Waals surface area contributed by atoms with Gasteiger partial charge in [0, 0.05) is 34.3 Å². The minimum absolute atomic E-state index is 0.114. The molecule has 36 heavy (non-hydrogen) atoms. The molecule has 0 saturated carbocycles. The Hall–Kier alpha value is -3.67. The Labute approximate surface area is 219 Å². The number of para-hydroxylation sites is 1. The van der Waals surface area contributed by atoms with E-state index in [2.05, 4.69) is 21.7 Å². The van der Waals surface area contributed by atoms with Crippen molar-refractivity contribution in [1.82, 2.24) is 5.32 Å².